The molecule has 1 amide bonds. The van der Waals surface area contributed by atoms with E-state index in [1.54, 1.807) is 18.2 Å². The fourth-order valence-electron chi connectivity index (χ4n) is 5.36. The van der Waals surface area contributed by atoms with Crippen LogP contribution >= 0.6 is 11.6 Å². The van der Waals surface area contributed by atoms with Gasteiger partial charge in [-0.05, 0) is 61.7 Å². The van der Waals surface area contributed by atoms with Gasteiger partial charge in [-0.25, -0.2) is 4.79 Å². The first-order valence-electron chi connectivity index (χ1n) is 11.8. The number of hydrogen-bond donors (Lipinski definition) is 1. The lowest BCUT2D eigenvalue weighted by Crippen LogP contribution is -2.53. The molecule has 0 aromatic heterocycles. The van der Waals surface area contributed by atoms with E-state index < -0.39 is 23.2 Å². The van der Waals surface area contributed by atoms with Crippen LogP contribution in [-0.4, -0.2) is 43.3 Å². The molecule has 2 bridgehead atoms. The van der Waals surface area contributed by atoms with Crippen molar-refractivity contribution < 1.29 is 27.4 Å². The summed E-state index contributed by atoms with van der Waals surface area (Å²) in [7, 11) is 0. The molecule has 5 nitrogen and oxygen atoms in total. The summed E-state index contributed by atoms with van der Waals surface area (Å²) in [6, 6.07) is 8.03. The minimum Gasteiger partial charge on any atom is -0.493 e. The lowest BCUT2D eigenvalue weighted by Gasteiger charge is -2.44. The molecule has 2 aromatic carbocycles. The Morgan fingerprint density at radius 1 is 1.17 bits per heavy atom. The Morgan fingerprint density at radius 2 is 1.91 bits per heavy atom. The van der Waals surface area contributed by atoms with Crippen LogP contribution in [0, 0.1) is 11.3 Å². The molecule has 1 N–H and O–H groups in total. The molecule has 188 valence electrons. The average Bonchev–Trinajstić information content (AvgIpc) is 2.81. The second-order valence-electron chi connectivity index (χ2n) is 10.4. The highest BCUT2D eigenvalue weighted by Crippen LogP contribution is 2.45. The molecular formula is C26H28ClF3N2O3. The van der Waals surface area contributed by atoms with Crippen molar-refractivity contribution in [3.63, 3.8) is 0 Å². The summed E-state index contributed by atoms with van der Waals surface area (Å²) in [6.45, 7) is 7.20. The zero-order chi connectivity index (χ0) is 25.0. The summed E-state index contributed by atoms with van der Waals surface area (Å²) < 4.78 is 51.5. The smallest absolute Gasteiger partial charge is 0.416 e. The largest absolute Gasteiger partial charge is 0.493 e. The Morgan fingerprint density at radius 3 is 2.57 bits per heavy atom. The van der Waals surface area contributed by atoms with Gasteiger partial charge in [0.15, 0.2) is 0 Å². The normalized spacial score (nSPS) is 27.0. The number of ether oxygens (including phenoxy) is 2. The molecule has 35 heavy (non-hydrogen) atoms. The number of amides is 1. The molecule has 4 aliphatic rings. The molecule has 6 rings (SSSR count). The summed E-state index contributed by atoms with van der Waals surface area (Å²) in [5.41, 5.74) is 0.332. The maximum atomic E-state index is 13.2. The summed E-state index contributed by atoms with van der Waals surface area (Å²) in [4.78, 5) is 15.2. The summed E-state index contributed by atoms with van der Waals surface area (Å²) in [6.07, 6.45) is -2.95. The van der Waals surface area contributed by atoms with Gasteiger partial charge in [-0.15, -0.1) is 0 Å². The second kappa shape index (κ2) is 8.89. The van der Waals surface area contributed by atoms with Crippen LogP contribution in [0.25, 0.3) is 11.1 Å². The first-order chi connectivity index (χ1) is 16.5. The summed E-state index contributed by atoms with van der Waals surface area (Å²) in [5, 5.41) is 3.25. The molecule has 9 heteroatoms. The third-order valence-corrected chi connectivity index (χ3v) is 7.76. The van der Waals surface area contributed by atoms with Gasteiger partial charge in [0.2, 0.25) is 0 Å². The standard InChI is InChI=1S/C26H28ClF3N2O3/c1-25(2)14-34-21-11-16(19-12-17(26(28,29)30)4-6-20(19)27)3-5-18(21)23(25)31-24(33)35-22-13-32-9-7-15(22)8-10-32/h3-6,11-12,15,22-23H,7-10,13-14H2,1-2H3,(H,31,33)/t22-,23?/m1/s1. The van der Waals surface area contributed by atoms with Gasteiger partial charge in [0, 0.05) is 28.1 Å². The molecule has 2 atom stereocenters. The number of alkyl carbamates (subject to hydrolysis) is 1. The van der Waals surface area contributed by atoms with Gasteiger partial charge in [-0.1, -0.05) is 37.6 Å². The van der Waals surface area contributed by atoms with E-state index in [9.17, 15) is 18.0 Å². The average molecular weight is 509 g/mol. The Bertz CT molecular complexity index is 1130. The lowest BCUT2D eigenvalue weighted by molar-refractivity contribution is -0.137. The molecule has 1 unspecified atom stereocenters. The fraction of sp³-hybridized carbons (Fsp3) is 0.500. The monoisotopic (exact) mass is 508 g/mol. The number of nitrogens with zero attached hydrogens (tertiary/aromatic N) is 1. The number of fused-ring (bicyclic) bond motifs is 4. The number of carbonyl (C=O) groups is 1. The number of hydrogen-bond acceptors (Lipinski definition) is 4. The minimum absolute atomic E-state index is 0.106. The molecule has 0 spiro atoms. The summed E-state index contributed by atoms with van der Waals surface area (Å²) in [5.74, 6) is 0.906. The quantitative estimate of drug-likeness (QED) is 0.528. The van der Waals surface area contributed by atoms with Gasteiger partial charge >= 0.3 is 12.3 Å². The van der Waals surface area contributed by atoms with E-state index in [1.807, 2.05) is 13.8 Å². The summed E-state index contributed by atoms with van der Waals surface area (Å²) >= 11 is 6.24. The lowest BCUT2D eigenvalue weighted by atomic mass is 9.78. The minimum atomic E-state index is -4.47. The van der Waals surface area contributed by atoms with E-state index >= 15 is 0 Å². The maximum absolute atomic E-state index is 13.2. The molecule has 0 aliphatic carbocycles. The Labute approximate surface area is 207 Å². The number of nitrogens with one attached hydrogen (secondary N) is 1. The first-order valence-corrected chi connectivity index (χ1v) is 12.2. The molecule has 4 heterocycles. The molecule has 3 fully saturated rings. The highest BCUT2D eigenvalue weighted by molar-refractivity contribution is 6.33. The molecule has 0 radical (unpaired) electrons. The van der Waals surface area contributed by atoms with Crippen LogP contribution in [0.5, 0.6) is 5.75 Å². The molecule has 3 saturated heterocycles. The van der Waals surface area contributed by atoms with Crippen molar-refractivity contribution in [1.82, 2.24) is 10.2 Å². The van der Waals surface area contributed by atoms with Crippen LogP contribution < -0.4 is 10.1 Å². The second-order valence-corrected chi connectivity index (χ2v) is 10.8. The van der Waals surface area contributed by atoms with Crippen molar-refractivity contribution in [2.75, 3.05) is 26.2 Å². The number of rotatable bonds is 3. The Kier molecular flexibility index (Phi) is 6.16. The number of halogens is 4. The highest BCUT2D eigenvalue weighted by atomic mass is 35.5. The number of alkyl halides is 3. The van der Waals surface area contributed by atoms with Crippen LogP contribution in [0.1, 0.15) is 43.9 Å². The van der Waals surface area contributed by atoms with Crippen molar-refractivity contribution in [3.05, 3.63) is 52.5 Å². The SMILES string of the molecule is CC1(C)COc2cc(-c3cc(C(F)(F)F)ccc3Cl)ccc2C1NC(=O)O[C@@H]1CN2CCC1CC2. The zero-order valence-electron chi connectivity index (χ0n) is 19.6. The highest BCUT2D eigenvalue weighted by Gasteiger charge is 2.41. The van der Waals surface area contributed by atoms with Crippen molar-refractivity contribution >= 4 is 17.7 Å². The van der Waals surface area contributed by atoms with E-state index in [0.29, 0.717) is 23.8 Å². The van der Waals surface area contributed by atoms with Crippen molar-refractivity contribution in [1.29, 1.82) is 0 Å². The third-order valence-electron chi connectivity index (χ3n) is 7.43. The van der Waals surface area contributed by atoms with Gasteiger partial charge in [-0.2, -0.15) is 13.2 Å². The predicted molar refractivity (Wildman–Crippen MR) is 126 cm³/mol. The molecular weight excluding hydrogens is 481 g/mol. The predicted octanol–water partition coefficient (Wildman–Crippen LogP) is 6.31. The van der Waals surface area contributed by atoms with E-state index in [1.165, 1.54) is 6.07 Å². The fourth-order valence-corrected chi connectivity index (χ4v) is 5.59. The number of carbonyl (C=O) groups excluding carboxylic acids is 1. The van der Waals surface area contributed by atoms with Crippen molar-refractivity contribution in [2.24, 2.45) is 11.3 Å². The van der Waals surface area contributed by atoms with Gasteiger partial charge in [0.25, 0.3) is 0 Å². The van der Waals surface area contributed by atoms with E-state index in [-0.39, 0.29) is 22.7 Å². The Hall–Kier alpha value is -2.45. The van der Waals surface area contributed by atoms with Gasteiger partial charge in [0.1, 0.15) is 11.9 Å². The van der Waals surface area contributed by atoms with E-state index in [4.69, 9.17) is 21.1 Å². The van der Waals surface area contributed by atoms with Crippen molar-refractivity contribution in [3.8, 4) is 16.9 Å². The molecule has 4 aliphatic heterocycles. The topological polar surface area (TPSA) is 50.8 Å². The van der Waals surface area contributed by atoms with Gasteiger partial charge < -0.3 is 14.8 Å². The van der Waals surface area contributed by atoms with Crippen LogP contribution in [0.4, 0.5) is 18.0 Å². The first kappa shape index (κ1) is 24.3. The van der Waals surface area contributed by atoms with Gasteiger partial charge in [0.05, 0.1) is 18.2 Å². The van der Waals surface area contributed by atoms with Gasteiger partial charge in [-0.3, -0.25) is 4.90 Å². The van der Waals surface area contributed by atoms with Crippen LogP contribution in [0.3, 0.4) is 0 Å². The van der Waals surface area contributed by atoms with E-state index in [2.05, 4.69) is 10.2 Å². The van der Waals surface area contributed by atoms with Crippen LogP contribution in [0.15, 0.2) is 36.4 Å². The number of piperidine rings is 3. The molecule has 2 aromatic rings. The van der Waals surface area contributed by atoms with Crippen LogP contribution in [0.2, 0.25) is 5.02 Å². The molecule has 0 saturated carbocycles. The van der Waals surface area contributed by atoms with E-state index in [0.717, 1.165) is 50.2 Å². The van der Waals surface area contributed by atoms with Crippen LogP contribution in [-0.2, 0) is 10.9 Å². The number of benzene rings is 2. The Balaban J connectivity index is 1.39. The van der Waals surface area contributed by atoms with Crippen molar-refractivity contribution in [2.45, 2.75) is 45.0 Å². The zero-order valence-corrected chi connectivity index (χ0v) is 20.4. The maximum Gasteiger partial charge on any atom is 0.416 e. The third kappa shape index (κ3) is 4.83.